The summed E-state index contributed by atoms with van der Waals surface area (Å²) in [6, 6.07) is 6.14. The predicted molar refractivity (Wildman–Crippen MR) is 126 cm³/mol. The molecule has 0 fully saturated rings. The molecule has 4 rings (SSSR count). The van der Waals surface area contributed by atoms with Crippen LogP contribution in [-0.2, 0) is 18.3 Å². The number of pyridine rings is 1. The second kappa shape index (κ2) is 7.87. The van der Waals surface area contributed by atoms with Crippen molar-refractivity contribution in [2.75, 3.05) is 5.32 Å². The fourth-order valence-electron chi connectivity index (χ4n) is 4.16. The van der Waals surface area contributed by atoms with Crippen molar-refractivity contribution in [1.29, 1.82) is 0 Å². The van der Waals surface area contributed by atoms with Gasteiger partial charge in [0, 0.05) is 52.4 Å². The number of aromatic amines is 1. The number of hydrogen-bond donors (Lipinski definition) is 2. The topological polar surface area (TPSA) is 75.6 Å². The summed E-state index contributed by atoms with van der Waals surface area (Å²) in [6.45, 7) is 11.8. The van der Waals surface area contributed by atoms with Crippen LogP contribution >= 0.6 is 0 Å². The summed E-state index contributed by atoms with van der Waals surface area (Å²) in [5, 5.41) is 8.45. The number of nitrogens with one attached hydrogen (secondary N) is 2. The van der Waals surface area contributed by atoms with Crippen molar-refractivity contribution >= 4 is 22.6 Å². The van der Waals surface area contributed by atoms with Gasteiger partial charge in [0.05, 0.1) is 6.20 Å². The molecule has 158 valence electrons. The van der Waals surface area contributed by atoms with Gasteiger partial charge in [-0.25, -0.2) is 4.98 Å². The summed E-state index contributed by atoms with van der Waals surface area (Å²) in [5.74, 6) is -0.221. The van der Waals surface area contributed by atoms with Gasteiger partial charge in [0.1, 0.15) is 5.65 Å². The lowest BCUT2D eigenvalue weighted by Gasteiger charge is -2.13. The lowest BCUT2D eigenvalue weighted by atomic mass is 9.93. The van der Waals surface area contributed by atoms with Crippen LogP contribution in [0.5, 0.6) is 0 Å². The van der Waals surface area contributed by atoms with Gasteiger partial charge in [0.15, 0.2) is 0 Å². The molecule has 0 radical (unpaired) electrons. The minimum absolute atomic E-state index is 0.221. The standard InChI is InChI=1S/C25H27N5O/c1-7-18-20(19-13-27-30(6)16(19)5)12-26-25-24(18)23(15(4)28-25)17-10-9-14(3)21(11-17)29-22(31)8-2/h8-13H,2,7H2,1,3-6H3,(H,26,28)(H,29,31). The molecule has 1 amide bonds. The van der Waals surface area contributed by atoms with E-state index in [0.29, 0.717) is 0 Å². The summed E-state index contributed by atoms with van der Waals surface area (Å²) in [5.41, 5.74) is 10.4. The summed E-state index contributed by atoms with van der Waals surface area (Å²) in [4.78, 5) is 20.1. The molecule has 0 atom stereocenters. The first kappa shape index (κ1) is 20.6. The predicted octanol–water partition coefficient (Wildman–Crippen LogP) is 5.24. The van der Waals surface area contributed by atoms with Crippen LogP contribution in [0.2, 0.25) is 0 Å². The monoisotopic (exact) mass is 413 g/mol. The van der Waals surface area contributed by atoms with Gasteiger partial charge in [-0.05, 0) is 56.0 Å². The third kappa shape index (κ3) is 3.44. The van der Waals surface area contributed by atoms with Crippen molar-refractivity contribution in [3.8, 4) is 22.3 Å². The third-order valence-corrected chi connectivity index (χ3v) is 5.97. The van der Waals surface area contributed by atoms with E-state index >= 15 is 0 Å². The largest absolute Gasteiger partial charge is 0.343 e. The fraction of sp³-hybridized carbons (Fsp3) is 0.240. The van der Waals surface area contributed by atoms with Crippen molar-refractivity contribution in [2.24, 2.45) is 7.05 Å². The number of nitrogens with zero attached hydrogens (tertiary/aromatic N) is 3. The fourth-order valence-corrected chi connectivity index (χ4v) is 4.16. The maximum absolute atomic E-state index is 11.9. The number of fused-ring (bicyclic) bond motifs is 1. The smallest absolute Gasteiger partial charge is 0.247 e. The second-order valence-electron chi connectivity index (χ2n) is 7.84. The highest BCUT2D eigenvalue weighted by atomic mass is 16.1. The van der Waals surface area contributed by atoms with Crippen LogP contribution in [0.3, 0.4) is 0 Å². The molecule has 1 aromatic carbocycles. The van der Waals surface area contributed by atoms with Gasteiger partial charge in [0.25, 0.3) is 0 Å². The Balaban J connectivity index is 1.97. The first-order chi connectivity index (χ1) is 14.8. The molecule has 31 heavy (non-hydrogen) atoms. The Hall–Kier alpha value is -3.67. The molecule has 6 heteroatoms. The van der Waals surface area contributed by atoms with E-state index in [4.69, 9.17) is 4.98 Å². The number of aromatic nitrogens is 4. The normalized spacial score (nSPS) is 11.1. The Kier molecular flexibility index (Phi) is 5.23. The third-order valence-electron chi connectivity index (χ3n) is 5.97. The number of carbonyl (C=O) groups is 1. The summed E-state index contributed by atoms with van der Waals surface area (Å²) >= 11 is 0. The van der Waals surface area contributed by atoms with Gasteiger partial charge >= 0.3 is 0 Å². The van der Waals surface area contributed by atoms with E-state index in [1.807, 2.05) is 43.2 Å². The average molecular weight is 414 g/mol. The van der Waals surface area contributed by atoms with Crippen molar-refractivity contribution < 1.29 is 4.79 Å². The minimum atomic E-state index is -0.221. The number of carbonyl (C=O) groups excluding carboxylic acids is 1. The molecule has 0 aliphatic heterocycles. The van der Waals surface area contributed by atoms with Gasteiger partial charge < -0.3 is 10.3 Å². The van der Waals surface area contributed by atoms with E-state index in [9.17, 15) is 4.79 Å². The number of anilines is 1. The molecule has 0 aliphatic rings. The van der Waals surface area contributed by atoms with Gasteiger partial charge in [-0.15, -0.1) is 0 Å². The molecule has 2 N–H and O–H groups in total. The van der Waals surface area contributed by atoms with Crippen LogP contribution < -0.4 is 5.32 Å². The Bertz CT molecular complexity index is 1330. The van der Waals surface area contributed by atoms with E-state index < -0.39 is 0 Å². The lowest BCUT2D eigenvalue weighted by Crippen LogP contribution is -2.08. The van der Waals surface area contributed by atoms with Crippen LogP contribution in [-0.4, -0.2) is 25.7 Å². The minimum Gasteiger partial charge on any atom is -0.343 e. The molecular formula is C25H27N5O. The van der Waals surface area contributed by atoms with E-state index in [-0.39, 0.29) is 5.91 Å². The van der Waals surface area contributed by atoms with Gasteiger partial charge in [-0.1, -0.05) is 25.6 Å². The molecule has 0 spiro atoms. The molecule has 3 aromatic heterocycles. The zero-order chi connectivity index (χ0) is 22.3. The Morgan fingerprint density at radius 1 is 1.23 bits per heavy atom. The zero-order valence-electron chi connectivity index (χ0n) is 18.6. The number of H-pyrrole nitrogens is 1. The molecule has 4 aromatic rings. The first-order valence-electron chi connectivity index (χ1n) is 10.4. The molecule has 0 bridgehead atoms. The van der Waals surface area contributed by atoms with Crippen LogP contribution in [0.4, 0.5) is 5.69 Å². The van der Waals surface area contributed by atoms with E-state index in [0.717, 1.165) is 62.3 Å². The number of aryl methyl sites for hydroxylation is 4. The molecule has 3 heterocycles. The SMILES string of the molecule is C=CC(=O)Nc1cc(-c2c(C)[nH]c3ncc(-c4cnn(C)c4C)c(CC)c23)ccc1C. The van der Waals surface area contributed by atoms with Gasteiger partial charge in [-0.2, -0.15) is 5.10 Å². The summed E-state index contributed by atoms with van der Waals surface area (Å²) in [7, 11) is 1.95. The number of benzene rings is 1. The number of amides is 1. The van der Waals surface area contributed by atoms with E-state index in [2.05, 4.69) is 48.8 Å². The quantitative estimate of drug-likeness (QED) is 0.439. The Morgan fingerprint density at radius 3 is 2.65 bits per heavy atom. The molecule has 0 aliphatic carbocycles. The maximum Gasteiger partial charge on any atom is 0.247 e. The molecular weight excluding hydrogens is 386 g/mol. The number of rotatable bonds is 5. The van der Waals surface area contributed by atoms with E-state index in [1.54, 1.807) is 0 Å². The van der Waals surface area contributed by atoms with Crippen LogP contribution in [0.1, 0.15) is 29.4 Å². The molecule has 0 unspecified atom stereocenters. The van der Waals surface area contributed by atoms with Crippen LogP contribution in [0.25, 0.3) is 33.3 Å². The molecule has 6 nitrogen and oxygen atoms in total. The van der Waals surface area contributed by atoms with Crippen molar-refractivity contribution in [3.63, 3.8) is 0 Å². The zero-order valence-corrected chi connectivity index (χ0v) is 18.6. The average Bonchev–Trinajstić information content (AvgIpc) is 3.27. The Morgan fingerprint density at radius 2 is 2.00 bits per heavy atom. The Labute approximate surface area is 182 Å². The van der Waals surface area contributed by atoms with E-state index in [1.165, 1.54) is 11.6 Å². The highest BCUT2D eigenvalue weighted by molar-refractivity contribution is 6.03. The van der Waals surface area contributed by atoms with Crippen molar-refractivity contribution in [3.05, 3.63) is 65.8 Å². The van der Waals surface area contributed by atoms with Crippen molar-refractivity contribution in [1.82, 2.24) is 19.7 Å². The van der Waals surface area contributed by atoms with Crippen LogP contribution in [0.15, 0.2) is 43.2 Å². The van der Waals surface area contributed by atoms with Crippen molar-refractivity contribution in [2.45, 2.75) is 34.1 Å². The maximum atomic E-state index is 11.9. The molecule has 0 saturated carbocycles. The summed E-state index contributed by atoms with van der Waals surface area (Å²) in [6.07, 6.45) is 5.99. The second-order valence-corrected chi connectivity index (χ2v) is 7.84. The van der Waals surface area contributed by atoms with Gasteiger partial charge in [-0.3, -0.25) is 9.48 Å². The highest BCUT2D eigenvalue weighted by Crippen LogP contribution is 2.39. The summed E-state index contributed by atoms with van der Waals surface area (Å²) < 4.78 is 1.89. The lowest BCUT2D eigenvalue weighted by molar-refractivity contribution is -0.111. The number of hydrogen-bond acceptors (Lipinski definition) is 3. The van der Waals surface area contributed by atoms with Gasteiger partial charge in [0.2, 0.25) is 5.91 Å². The first-order valence-corrected chi connectivity index (χ1v) is 10.4. The van der Waals surface area contributed by atoms with Crippen LogP contribution in [0, 0.1) is 20.8 Å². The highest BCUT2D eigenvalue weighted by Gasteiger charge is 2.20. The molecule has 0 saturated heterocycles.